The standard InChI is InChI=1S/C20H22.4CH3.Zr/c1-3-7-19-15(5-1)9-11-17(19)13-14-18-12-10-16-6-2-4-8-20(16)18;;;;;/h1-5,7-8,10,12,15,17,19H,6,9,11,13-14H2;4*1H3;/q;4*-1;+4. The third-order valence-electron chi connectivity index (χ3n) is 5.41. The Morgan fingerprint density at radius 1 is 0.840 bits per heavy atom. The Balaban J connectivity index is 0. The molecule has 3 atom stereocenters. The number of hydrogen-bond acceptors (Lipinski definition) is 0. The average molecular weight is 414 g/mol. The van der Waals surface area contributed by atoms with Gasteiger partial charge in [0.25, 0.3) is 0 Å². The van der Waals surface area contributed by atoms with E-state index in [2.05, 4.69) is 54.7 Å². The zero-order chi connectivity index (χ0) is 13.4. The number of hydrogen-bond donors (Lipinski definition) is 0. The van der Waals surface area contributed by atoms with Crippen LogP contribution in [0.5, 0.6) is 0 Å². The first-order valence-electron chi connectivity index (χ1n) is 8.04. The molecule has 4 aliphatic rings. The molecule has 0 spiro atoms. The number of rotatable bonds is 3. The van der Waals surface area contributed by atoms with E-state index in [1.54, 1.807) is 5.57 Å². The van der Waals surface area contributed by atoms with Crippen molar-refractivity contribution in [3.05, 3.63) is 101 Å². The smallest absolute Gasteiger partial charge is 0.358 e. The summed E-state index contributed by atoms with van der Waals surface area (Å²) in [6.45, 7) is 0. The molecule has 1 saturated carbocycles. The van der Waals surface area contributed by atoms with Crippen LogP contribution in [0.2, 0.25) is 0 Å². The summed E-state index contributed by atoms with van der Waals surface area (Å²) in [7, 11) is 0. The Labute approximate surface area is 176 Å². The summed E-state index contributed by atoms with van der Waals surface area (Å²) in [5, 5.41) is 0. The van der Waals surface area contributed by atoms with Crippen LogP contribution in [-0.2, 0) is 26.2 Å². The Kier molecular flexibility index (Phi) is 12.6. The third kappa shape index (κ3) is 5.40. The second-order valence-corrected chi connectivity index (χ2v) is 6.48. The first kappa shape index (κ1) is 26.6. The first-order chi connectivity index (χ1) is 9.92. The van der Waals surface area contributed by atoms with Gasteiger partial charge in [-0.25, -0.2) is 0 Å². The second-order valence-electron chi connectivity index (χ2n) is 6.48. The molecule has 1 fully saturated rings. The molecule has 0 N–H and O–H groups in total. The van der Waals surface area contributed by atoms with Crippen molar-refractivity contribution in [3.8, 4) is 0 Å². The zero-order valence-corrected chi connectivity index (χ0v) is 18.9. The van der Waals surface area contributed by atoms with E-state index in [1.807, 2.05) is 0 Å². The molecule has 0 amide bonds. The summed E-state index contributed by atoms with van der Waals surface area (Å²) in [6.07, 6.45) is 27.4. The molecule has 0 bridgehead atoms. The molecule has 4 aliphatic carbocycles. The molecule has 0 heterocycles. The van der Waals surface area contributed by atoms with Crippen molar-refractivity contribution in [2.45, 2.75) is 32.1 Å². The molecule has 3 unspecified atom stereocenters. The van der Waals surface area contributed by atoms with E-state index in [0.29, 0.717) is 0 Å². The van der Waals surface area contributed by atoms with E-state index in [1.165, 1.54) is 36.8 Å². The van der Waals surface area contributed by atoms with Crippen molar-refractivity contribution >= 4 is 0 Å². The van der Waals surface area contributed by atoms with E-state index < -0.39 is 0 Å². The molecule has 25 heavy (non-hydrogen) atoms. The van der Waals surface area contributed by atoms with Crippen LogP contribution in [-0.4, -0.2) is 0 Å². The Morgan fingerprint density at radius 2 is 1.60 bits per heavy atom. The quantitative estimate of drug-likeness (QED) is 0.433. The minimum absolute atomic E-state index is 0. The number of fused-ring (bicyclic) bond motifs is 2. The normalized spacial score (nSPS) is 26.9. The largest absolute Gasteiger partial charge is 4.00 e. The van der Waals surface area contributed by atoms with E-state index in [-0.39, 0.29) is 55.9 Å². The van der Waals surface area contributed by atoms with E-state index >= 15 is 0 Å². The maximum Gasteiger partial charge on any atom is 4.00 e. The van der Waals surface area contributed by atoms with Gasteiger partial charge >= 0.3 is 26.2 Å². The minimum atomic E-state index is 0. The van der Waals surface area contributed by atoms with Crippen molar-refractivity contribution < 1.29 is 26.2 Å². The van der Waals surface area contributed by atoms with Crippen LogP contribution in [0, 0.1) is 47.5 Å². The molecule has 0 aliphatic heterocycles. The van der Waals surface area contributed by atoms with E-state index in [0.717, 1.165) is 24.2 Å². The summed E-state index contributed by atoms with van der Waals surface area (Å²) in [5.74, 6) is 2.54. The van der Waals surface area contributed by atoms with Gasteiger partial charge in [0.2, 0.25) is 0 Å². The van der Waals surface area contributed by atoms with Crippen LogP contribution in [0.4, 0.5) is 0 Å². The van der Waals surface area contributed by atoms with Crippen molar-refractivity contribution in [2.75, 3.05) is 0 Å². The van der Waals surface area contributed by atoms with Gasteiger partial charge < -0.3 is 29.7 Å². The Morgan fingerprint density at radius 3 is 2.40 bits per heavy atom. The minimum Gasteiger partial charge on any atom is -0.358 e. The molecular formula is C24H34Zr. The van der Waals surface area contributed by atoms with Gasteiger partial charge in [-0.05, 0) is 66.6 Å². The van der Waals surface area contributed by atoms with Crippen molar-refractivity contribution in [2.24, 2.45) is 17.8 Å². The average Bonchev–Trinajstić information content (AvgIpc) is 3.09. The fourth-order valence-electron chi connectivity index (χ4n) is 4.30. The van der Waals surface area contributed by atoms with Crippen molar-refractivity contribution in [1.82, 2.24) is 0 Å². The SMILES string of the molecule is C1=CCC2=CC=C(CCC3CCC4C=CC=CC43)C2=C1.[CH3-].[CH3-].[CH3-].[CH3-].[Zr+4]. The van der Waals surface area contributed by atoms with E-state index in [9.17, 15) is 0 Å². The topological polar surface area (TPSA) is 0 Å². The molecule has 0 aromatic carbocycles. The van der Waals surface area contributed by atoms with Gasteiger partial charge in [-0.15, -0.1) is 0 Å². The van der Waals surface area contributed by atoms with Crippen LogP contribution in [0.1, 0.15) is 32.1 Å². The van der Waals surface area contributed by atoms with Gasteiger partial charge in [0.05, 0.1) is 0 Å². The predicted octanol–water partition coefficient (Wildman–Crippen LogP) is 7.09. The predicted molar refractivity (Wildman–Crippen MR) is 111 cm³/mol. The van der Waals surface area contributed by atoms with Crippen molar-refractivity contribution in [3.63, 3.8) is 0 Å². The molecule has 0 nitrogen and oxygen atoms in total. The fraction of sp³-hybridized carbons (Fsp3) is 0.333. The van der Waals surface area contributed by atoms with Crippen LogP contribution >= 0.6 is 0 Å². The molecule has 4 rings (SSSR count). The van der Waals surface area contributed by atoms with Gasteiger partial charge in [-0.2, -0.15) is 0 Å². The maximum atomic E-state index is 2.46. The maximum absolute atomic E-state index is 2.46. The van der Waals surface area contributed by atoms with Gasteiger partial charge in [-0.1, -0.05) is 54.7 Å². The summed E-state index contributed by atoms with van der Waals surface area (Å²) in [6, 6.07) is 0. The Bertz CT molecular complexity index is 583. The van der Waals surface area contributed by atoms with Crippen LogP contribution in [0.15, 0.2) is 71.4 Å². The molecule has 0 saturated heterocycles. The van der Waals surface area contributed by atoms with Gasteiger partial charge in [0.1, 0.15) is 0 Å². The summed E-state index contributed by atoms with van der Waals surface area (Å²) >= 11 is 0. The molecule has 1 heteroatoms. The van der Waals surface area contributed by atoms with Crippen LogP contribution in [0.25, 0.3) is 0 Å². The van der Waals surface area contributed by atoms with Crippen LogP contribution in [0.3, 0.4) is 0 Å². The second kappa shape index (κ2) is 11.8. The van der Waals surface area contributed by atoms with Gasteiger partial charge in [0.15, 0.2) is 0 Å². The molecule has 134 valence electrons. The van der Waals surface area contributed by atoms with Gasteiger partial charge in [-0.3, -0.25) is 0 Å². The van der Waals surface area contributed by atoms with E-state index in [4.69, 9.17) is 0 Å². The summed E-state index contributed by atoms with van der Waals surface area (Å²) < 4.78 is 0. The fourth-order valence-corrected chi connectivity index (χ4v) is 4.30. The molecule has 0 radical (unpaired) electrons. The zero-order valence-electron chi connectivity index (χ0n) is 16.5. The van der Waals surface area contributed by atoms with Crippen molar-refractivity contribution in [1.29, 1.82) is 0 Å². The summed E-state index contributed by atoms with van der Waals surface area (Å²) in [5.41, 5.74) is 4.61. The van der Waals surface area contributed by atoms with Gasteiger partial charge in [0, 0.05) is 0 Å². The first-order valence-corrected chi connectivity index (χ1v) is 8.04. The van der Waals surface area contributed by atoms with Crippen LogP contribution < -0.4 is 0 Å². The summed E-state index contributed by atoms with van der Waals surface area (Å²) in [4.78, 5) is 0. The monoisotopic (exact) mass is 412 g/mol. The number of allylic oxidation sites excluding steroid dienone is 12. The Hall–Kier alpha value is -0.677. The molecular weight excluding hydrogens is 379 g/mol. The third-order valence-corrected chi connectivity index (χ3v) is 5.41. The molecule has 0 aromatic rings. The molecule has 0 aromatic heterocycles.